The predicted molar refractivity (Wildman–Crippen MR) is 105 cm³/mol. The van der Waals surface area contributed by atoms with E-state index in [1.807, 2.05) is 0 Å². The maximum absolute atomic E-state index is 13.0. The molecule has 0 spiro atoms. The Morgan fingerprint density at radius 1 is 1.07 bits per heavy atom. The molecule has 0 radical (unpaired) electrons. The van der Waals surface area contributed by atoms with Gasteiger partial charge in [-0.15, -0.1) is 0 Å². The van der Waals surface area contributed by atoms with E-state index < -0.39 is 17.6 Å². The Balaban J connectivity index is 1.67. The van der Waals surface area contributed by atoms with Gasteiger partial charge in [-0.3, -0.25) is 9.79 Å². The molecule has 4 rings (SSSR count). The van der Waals surface area contributed by atoms with Crippen molar-refractivity contribution >= 4 is 34.6 Å². The van der Waals surface area contributed by atoms with Gasteiger partial charge in [0, 0.05) is 12.6 Å². The van der Waals surface area contributed by atoms with Crippen LogP contribution in [0.3, 0.4) is 0 Å². The van der Waals surface area contributed by atoms with E-state index in [1.165, 1.54) is 12.3 Å². The smallest absolute Gasteiger partial charge is 0.319 e. The number of carbonyl (C=O) groups excluding carboxylic acids is 1. The number of pyridine rings is 1. The highest BCUT2D eigenvalue weighted by atomic mass is 35.5. The maximum Gasteiger partial charge on any atom is 0.416 e. The molecule has 2 heterocycles. The fraction of sp³-hybridized carbons (Fsp3) is 0.0952. The molecule has 1 amide bonds. The normalized spacial score (nSPS) is 13.0. The average molecular weight is 416 g/mol. The van der Waals surface area contributed by atoms with Crippen LogP contribution in [0.4, 0.5) is 24.5 Å². The topological polar surface area (TPSA) is 54.4 Å². The highest BCUT2D eigenvalue weighted by Crippen LogP contribution is 2.35. The second-order valence-electron chi connectivity index (χ2n) is 6.42. The molecular weight excluding hydrogens is 403 g/mol. The standard InChI is InChI=1S/C21H13ClF3N3O/c22-19-16(8-3-9-26-19)28-20(29)15-7-2-5-13-11-17(27-18(13)15)12-4-1-6-14(10-12)21(23,24)25/h1-10H,11H2,(H,28,29). The van der Waals surface area contributed by atoms with Crippen molar-refractivity contribution in [2.75, 3.05) is 5.32 Å². The number of rotatable bonds is 3. The van der Waals surface area contributed by atoms with Crippen LogP contribution >= 0.6 is 11.6 Å². The molecule has 1 aromatic heterocycles. The molecule has 1 aliphatic heterocycles. The summed E-state index contributed by atoms with van der Waals surface area (Å²) < 4.78 is 39.1. The summed E-state index contributed by atoms with van der Waals surface area (Å²) in [6.07, 6.45) is -2.59. The van der Waals surface area contributed by atoms with Gasteiger partial charge in [0.2, 0.25) is 0 Å². The summed E-state index contributed by atoms with van der Waals surface area (Å²) in [5, 5.41) is 2.84. The molecule has 0 bridgehead atoms. The van der Waals surface area contributed by atoms with Crippen molar-refractivity contribution in [1.82, 2.24) is 4.98 Å². The number of halogens is 4. The first kappa shape index (κ1) is 19.1. The van der Waals surface area contributed by atoms with Gasteiger partial charge in [0.15, 0.2) is 5.15 Å². The second kappa shape index (κ2) is 7.33. The molecule has 0 saturated heterocycles. The Bertz CT molecular complexity index is 1140. The number of aliphatic imine (C=N–C) groups is 1. The van der Waals surface area contributed by atoms with Gasteiger partial charge in [-0.25, -0.2) is 4.98 Å². The molecule has 3 aromatic rings. The zero-order valence-corrected chi connectivity index (χ0v) is 15.6. The first-order valence-electron chi connectivity index (χ1n) is 8.62. The van der Waals surface area contributed by atoms with Gasteiger partial charge in [-0.1, -0.05) is 35.9 Å². The molecular formula is C21H13ClF3N3O. The summed E-state index contributed by atoms with van der Waals surface area (Å²) in [5.74, 6) is -0.425. The molecule has 0 aliphatic carbocycles. The minimum Gasteiger partial charge on any atom is -0.319 e. The minimum atomic E-state index is -4.43. The van der Waals surface area contributed by atoms with Gasteiger partial charge in [-0.2, -0.15) is 13.2 Å². The largest absolute Gasteiger partial charge is 0.416 e. The number of alkyl halides is 3. The number of aromatic nitrogens is 1. The fourth-order valence-corrected chi connectivity index (χ4v) is 3.28. The number of hydrogen-bond acceptors (Lipinski definition) is 3. The maximum atomic E-state index is 13.0. The first-order chi connectivity index (χ1) is 13.8. The van der Waals surface area contributed by atoms with Crippen LogP contribution in [-0.2, 0) is 12.6 Å². The highest BCUT2D eigenvalue weighted by Gasteiger charge is 2.31. The summed E-state index contributed by atoms with van der Waals surface area (Å²) in [5.41, 5.74) is 1.99. The second-order valence-corrected chi connectivity index (χ2v) is 6.78. The molecule has 0 fully saturated rings. The summed E-state index contributed by atoms with van der Waals surface area (Å²) in [7, 11) is 0. The molecule has 1 N–H and O–H groups in total. The highest BCUT2D eigenvalue weighted by molar-refractivity contribution is 6.32. The van der Waals surface area contributed by atoms with Crippen molar-refractivity contribution in [1.29, 1.82) is 0 Å². The number of nitrogens with zero attached hydrogens (tertiary/aromatic N) is 2. The van der Waals surface area contributed by atoms with Crippen molar-refractivity contribution in [2.45, 2.75) is 12.6 Å². The van der Waals surface area contributed by atoms with Gasteiger partial charge < -0.3 is 5.32 Å². The molecule has 8 heteroatoms. The molecule has 29 heavy (non-hydrogen) atoms. The van der Waals surface area contributed by atoms with Crippen molar-refractivity contribution in [2.24, 2.45) is 4.99 Å². The third-order valence-corrected chi connectivity index (χ3v) is 4.80. The van der Waals surface area contributed by atoms with Crippen LogP contribution in [0, 0.1) is 0 Å². The van der Waals surface area contributed by atoms with Gasteiger partial charge in [0.05, 0.1) is 28.2 Å². The summed E-state index contributed by atoms with van der Waals surface area (Å²) in [4.78, 5) is 21.1. The van der Waals surface area contributed by atoms with Crippen LogP contribution in [0.25, 0.3) is 0 Å². The van der Waals surface area contributed by atoms with E-state index in [-0.39, 0.29) is 5.15 Å². The number of benzene rings is 2. The number of nitrogens with one attached hydrogen (secondary N) is 1. The van der Waals surface area contributed by atoms with Gasteiger partial charge in [0.1, 0.15) is 0 Å². The first-order valence-corrected chi connectivity index (χ1v) is 8.99. The van der Waals surface area contributed by atoms with Crippen molar-refractivity contribution < 1.29 is 18.0 Å². The van der Waals surface area contributed by atoms with E-state index in [0.29, 0.717) is 34.6 Å². The monoisotopic (exact) mass is 415 g/mol. The summed E-state index contributed by atoms with van der Waals surface area (Å²) >= 11 is 5.98. The van der Waals surface area contributed by atoms with Crippen LogP contribution < -0.4 is 5.32 Å². The van der Waals surface area contributed by atoms with Crippen molar-refractivity contribution in [3.05, 3.63) is 88.2 Å². The Labute approximate surface area is 169 Å². The number of anilines is 1. The van der Waals surface area contributed by atoms with Crippen LogP contribution in [-0.4, -0.2) is 16.6 Å². The summed E-state index contributed by atoms with van der Waals surface area (Å²) in [6.45, 7) is 0. The van der Waals surface area contributed by atoms with Crippen LogP contribution in [0.1, 0.15) is 27.0 Å². The van der Waals surface area contributed by atoms with Crippen molar-refractivity contribution in [3.8, 4) is 0 Å². The molecule has 4 nitrogen and oxygen atoms in total. The van der Waals surface area contributed by atoms with Crippen LogP contribution in [0.5, 0.6) is 0 Å². The Morgan fingerprint density at radius 3 is 2.62 bits per heavy atom. The Hall–Kier alpha value is -3.19. The van der Waals surface area contributed by atoms with Crippen LogP contribution in [0.15, 0.2) is 65.8 Å². The molecule has 0 atom stereocenters. The zero-order chi connectivity index (χ0) is 20.6. The van der Waals surface area contributed by atoms with Crippen LogP contribution in [0.2, 0.25) is 5.15 Å². The number of fused-ring (bicyclic) bond motifs is 1. The number of carbonyl (C=O) groups is 1. The molecule has 146 valence electrons. The van der Waals surface area contributed by atoms with E-state index in [4.69, 9.17) is 11.6 Å². The fourth-order valence-electron chi connectivity index (χ4n) is 3.11. The quantitative estimate of drug-likeness (QED) is 0.559. The average Bonchev–Trinajstić information content (AvgIpc) is 3.13. The number of para-hydroxylation sites is 1. The number of amides is 1. The van der Waals surface area contributed by atoms with E-state index >= 15 is 0 Å². The number of hydrogen-bond donors (Lipinski definition) is 1. The molecule has 2 aromatic carbocycles. The third-order valence-electron chi connectivity index (χ3n) is 4.50. The Kier molecular flexibility index (Phi) is 4.84. The van der Waals surface area contributed by atoms with Gasteiger partial charge in [-0.05, 0) is 41.5 Å². The van der Waals surface area contributed by atoms with E-state index in [2.05, 4.69) is 15.3 Å². The minimum absolute atomic E-state index is 0.154. The SMILES string of the molecule is O=C(Nc1cccnc1Cl)c1cccc2c1N=C(c1cccc(C(F)(F)F)c1)C2. The van der Waals surface area contributed by atoms with E-state index in [1.54, 1.807) is 36.4 Å². The van der Waals surface area contributed by atoms with Crippen molar-refractivity contribution in [3.63, 3.8) is 0 Å². The lowest BCUT2D eigenvalue weighted by atomic mass is 10.0. The third kappa shape index (κ3) is 3.86. The summed E-state index contributed by atoms with van der Waals surface area (Å²) in [6, 6.07) is 13.4. The predicted octanol–water partition coefficient (Wildman–Crippen LogP) is 5.68. The lowest BCUT2D eigenvalue weighted by Gasteiger charge is -2.08. The molecule has 0 saturated carbocycles. The Morgan fingerprint density at radius 2 is 1.86 bits per heavy atom. The lowest BCUT2D eigenvalue weighted by Crippen LogP contribution is -2.12. The molecule has 1 aliphatic rings. The zero-order valence-electron chi connectivity index (χ0n) is 14.8. The van der Waals surface area contributed by atoms with Gasteiger partial charge in [0.25, 0.3) is 5.91 Å². The lowest BCUT2D eigenvalue weighted by molar-refractivity contribution is -0.137. The molecule has 0 unspecified atom stereocenters. The van der Waals surface area contributed by atoms with E-state index in [9.17, 15) is 18.0 Å². The van der Waals surface area contributed by atoms with E-state index in [0.717, 1.165) is 17.7 Å². The van der Waals surface area contributed by atoms with Gasteiger partial charge >= 0.3 is 6.18 Å².